The molecular formula is C21H17BrN2O3. The molecule has 2 N–H and O–H groups in total. The summed E-state index contributed by atoms with van der Waals surface area (Å²) in [4.78, 5) is 24.9. The van der Waals surface area contributed by atoms with E-state index in [4.69, 9.17) is 4.74 Å². The van der Waals surface area contributed by atoms with Crippen LogP contribution in [0.4, 0.5) is 11.4 Å². The van der Waals surface area contributed by atoms with E-state index in [0.717, 1.165) is 4.47 Å². The van der Waals surface area contributed by atoms with Gasteiger partial charge >= 0.3 is 0 Å². The van der Waals surface area contributed by atoms with E-state index in [9.17, 15) is 9.59 Å². The number of methoxy groups -OCH3 is 1. The lowest BCUT2D eigenvalue weighted by molar-refractivity contribution is 0.101. The van der Waals surface area contributed by atoms with Gasteiger partial charge in [-0.3, -0.25) is 9.59 Å². The quantitative estimate of drug-likeness (QED) is 0.607. The zero-order valence-corrected chi connectivity index (χ0v) is 16.1. The van der Waals surface area contributed by atoms with E-state index < -0.39 is 0 Å². The van der Waals surface area contributed by atoms with Gasteiger partial charge < -0.3 is 15.4 Å². The second-order valence-corrected chi connectivity index (χ2v) is 6.62. The summed E-state index contributed by atoms with van der Waals surface area (Å²) in [6.07, 6.45) is 0. The Bertz CT molecular complexity index is 988. The summed E-state index contributed by atoms with van der Waals surface area (Å²) in [5.74, 6) is 0.0293. The molecule has 0 radical (unpaired) electrons. The molecule has 0 heterocycles. The van der Waals surface area contributed by atoms with Crippen LogP contribution < -0.4 is 15.4 Å². The Labute approximate surface area is 165 Å². The van der Waals surface area contributed by atoms with Crippen molar-refractivity contribution >= 4 is 39.1 Å². The highest BCUT2D eigenvalue weighted by molar-refractivity contribution is 9.10. The summed E-state index contributed by atoms with van der Waals surface area (Å²) in [5.41, 5.74) is 2.06. The lowest BCUT2D eigenvalue weighted by Gasteiger charge is -2.11. The maximum atomic E-state index is 12.5. The summed E-state index contributed by atoms with van der Waals surface area (Å²) in [6.45, 7) is 0. The number of hydrogen-bond acceptors (Lipinski definition) is 3. The molecule has 3 aromatic carbocycles. The van der Waals surface area contributed by atoms with Crippen molar-refractivity contribution < 1.29 is 14.3 Å². The van der Waals surface area contributed by atoms with Gasteiger partial charge in [-0.05, 0) is 48.5 Å². The SMILES string of the molecule is COc1ccccc1NC(=O)c1cccc(NC(=O)c2cccc(Br)c2)c1. The summed E-state index contributed by atoms with van der Waals surface area (Å²) < 4.78 is 6.06. The third-order valence-corrected chi connectivity index (χ3v) is 4.32. The van der Waals surface area contributed by atoms with Gasteiger partial charge in [0.1, 0.15) is 5.75 Å². The highest BCUT2D eigenvalue weighted by Crippen LogP contribution is 2.24. The van der Waals surface area contributed by atoms with Crippen LogP contribution in [-0.4, -0.2) is 18.9 Å². The molecule has 3 aromatic rings. The molecule has 2 amide bonds. The van der Waals surface area contributed by atoms with Crippen LogP contribution in [-0.2, 0) is 0 Å². The van der Waals surface area contributed by atoms with E-state index in [1.165, 1.54) is 0 Å². The third kappa shape index (κ3) is 4.74. The lowest BCUT2D eigenvalue weighted by Crippen LogP contribution is -2.15. The van der Waals surface area contributed by atoms with Gasteiger partial charge in [0.05, 0.1) is 12.8 Å². The molecule has 0 aliphatic carbocycles. The molecule has 0 saturated carbocycles. The van der Waals surface area contributed by atoms with E-state index in [0.29, 0.717) is 28.3 Å². The second-order valence-electron chi connectivity index (χ2n) is 5.70. The zero-order valence-electron chi connectivity index (χ0n) is 14.5. The van der Waals surface area contributed by atoms with Gasteiger partial charge in [-0.2, -0.15) is 0 Å². The average Bonchev–Trinajstić information content (AvgIpc) is 2.68. The lowest BCUT2D eigenvalue weighted by atomic mass is 10.1. The number of para-hydroxylation sites is 2. The van der Waals surface area contributed by atoms with Crippen molar-refractivity contribution in [3.63, 3.8) is 0 Å². The van der Waals surface area contributed by atoms with Crippen molar-refractivity contribution in [3.05, 3.63) is 88.4 Å². The molecule has 0 aliphatic heterocycles. The first-order chi connectivity index (χ1) is 13.1. The molecule has 0 spiro atoms. The Kier molecular flexibility index (Phi) is 5.88. The van der Waals surface area contributed by atoms with E-state index in [-0.39, 0.29) is 11.8 Å². The number of nitrogens with one attached hydrogen (secondary N) is 2. The van der Waals surface area contributed by atoms with Crippen LogP contribution in [0.2, 0.25) is 0 Å². The van der Waals surface area contributed by atoms with Crippen LogP contribution in [0.5, 0.6) is 5.75 Å². The first-order valence-electron chi connectivity index (χ1n) is 8.18. The van der Waals surface area contributed by atoms with Gasteiger partial charge in [0.15, 0.2) is 0 Å². The van der Waals surface area contributed by atoms with Crippen molar-refractivity contribution in [2.75, 3.05) is 17.7 Å². The number of carbonyl (C=O) groups excluding carboxylic acids is 2. The minimum atomic E-state index is -0.293. The van der Waals surface area contributed by atoms with Crippen molar-refractivity contribution in [1.29, 1.82) is 0 Å². The van der Waals surface area contributed by atoms with Crippen LogP contribution in [0.3, 0.4) is 0 Å². The highest BCUT2D eigenvalue weighted by Gasteiger charge is 2.11. The predicted molar refractivity (Wildman–Crippen MR) is 109 cm³/mol. The minimum Gasteiger partial charge on any atom is -0.495 e. The van der Waals surface area contributed by atoms with E-state index >= 15 is 0 Å². The molecule has 0 atom stereocenters. The maximum Gasteiger partial charge on any atom is 0.255 e. The third-order valence-electron chi connectivity index (χ3n) is 3.82. The highest BCUT2D eigenvalue weighted by atomic mass is 79.9. The van der Waals surface area contributed by atoms with Crippen LogP contribution in [0.1, 0.15) is 20.7 Å². The number of carbonyl (C=O) groups is 2. The van der Waals surface area contributed by atoms with E-state index in [1.54, 1.807) is 61.7 Å². The summed E-state index contributed by atoms with van der Waals surface area (Å²) in [6, 6.07) is 21.0. The predicted octanol–water partition coefficient (Wildman–Crippen LogP) is 4.96. The Morgan fingerprint density at radius 1 is 0.815 bits per heavy atom. The minimum absolute atomic E-state index is 0.251. The van der Waals surface area contributed by atoms with E-state index in [2.05, 4.69) is 26.6 Å². The summed E-state index contributed by atoms with van der Waals surface area (Å²) in [5, 5.41) is 5.62. The van der Waals surface area contributed by atoms with Gasteiger partial charge in [0.2, 0.25) is 0 Å². The molecule has 0 aromatic heterocycles. The summed E-state index contributed by atoms with van der Waals surface area (Å²) in [7, 11) is 1.54. The number of benzene rings is 3. The van der Waals surface area contributed by atoms with Crippen LogP contribution in [0, 0.1) is 0 Å². The standard InChI is InChI=1S/C21H17BrN2O3/c1-27-19-11-3-2-10-18(19)24-21(26)15-7-5-9-17(13-15)23-20(25)14-6-4-8-16(22)12-14/h2-13H,1H3,(H,23,25)(H,24,26). The average molecular weight is 425 g/mol. The van der Waals surface area contributed by atoms with Gasteiger partial charge in [-0.25, -0.2) is 0 Å². The number of hydrogen-bond donors (Lipinski definition) is 2. The molecule has 0 unspecified atom stereocenters. The molecule has 3 rings (SSSR count). The topological polar surface area (TPSA) is 67.4 Å². The number of halogens is 1. The molecule has 0 fully saturated rings. The summed E-state index contributed by atoms with van der Waals surface area (Å²) >= 11 is 3.35. The molecule has 0 bridgehead atoms. The van der Waals surface area contributed by atoms with Gasteiger partial charge in [-0.15, -0.1) is 0 Å². The normalized spacial score (nSPS) is 10.1. The molecule has 0 saturated heterocycles. The molecule has 0 aliphatic rings. The van der Waals surface area contributed by atoms with Crippen molar-refractivity contribution in [2.24, 2.45) is 0 Å². The molecular weight excluding hydrogens is 408 g/mol. The van der Waals surface area contributed by atoms with Gasteiger partial charge in [0, 0.05) is 21.3 Å². The fourth-order valence-electron chi connectivity index (χ4n) is 2.51. The number of anilines is 2. The Morgan fingerprint density at radius 2 is 1.48 bits per heavy atom. The smallest absolute Gasteiger partial charge is 0.255 e. The number of rotatable bonds is 5. The van der Waals surface area contributed by atoms with Crippen molar-refractivity contribution in [2.45, 2.75) is 0 Å². The molecule has 6 heteroatoms. The maximum absolute atomic E-state index is 12.5. The van der Waals surface area contributed by atoms with Crippen LogP contribution in [0.25, 0.3) is 0 Å². The Balaban J connectivity index is 1.75. The van der Waals surface area contributed by atoms with E-state index in [1.807, 2.05) is 18.2 Å². The fraction of sp³-hybridized carbons (Fsp3) is 0.0476. The van der Waals surface area contributed by atoms with Crippen molar-refractivity contribution in [3.8, 4) is 5.75 Å². The molecule has 27 heavy (non-hydrogen) atoms. The largest absolute Gasteiger partial charge is 0.495 e. The molecule has 136 valence electrons. The van der Waals surface area contributed by atoms with Crippen LogP contribution >= 0.6 is 15.9 Å². The first kappa shape index (κ1) is 18.7. The number of amides is 2. The Morgan fingerprint density at radius 3 is 2.22 bits per heavy atom. The molecule has 5 nitrogen and oxygen atoms in total. The second kappa shape index (κ2) is 8.51. The first-order valence-corrected chi connectivity index (χ1v) is 8.97. The van der Waals surface area contributed by atoms with Gasteiger partial charge in [-0.1, -0.05) is 40.2 Å². The van der Waals surface area contributed by atoms with Gasteiger partial charge in [0.25, 0.3) is 11.8 Å². The number of ether oxygens (including phenoxy) is 1. The Hall–Kier alpha value is -3.12. The fourth-order valence-corrected chi connectivity index (χ4v) is 2.91. The van der Waals surface area contributed by atoms with Crippen LogP contribution in [0.15, 0.2) is 77.3 Å². The zero-order chi connectivity index (χ0) is 19.2. The van der Waals surface area contributed by atoms with Crippen molar-refractivity contribution in [1.82, 2.24) is 0 Å². The monoisotopic (exact) mass is 424 g/mol.